The third-order valence-corrected chi connectivity index (χ3v) is 7.82. The van der Waals surface area contributed by atoms with Gasteiger partial charge in [0.1, 0.15) is 10.9 Å². The number of H-pyrrole nitrogens is 1. The standard InChI is InChI=1S/C21H18N4O3S3/c1-14-7-9-15(10-8-14)18-24-19(30-13-17(26)23-21-22-11-12-29-21)20(25-18)31(27,28)16-5-3-2-4-6-16/h2-12H,13H2,1H3,(H,24,25)(H,22,23,26). The fraction of sp³-hybridized carbons (Fsp3) is 0.0952. The molecule has 0 fully saturated rings. The normalized spacial score (nSPS) is 11.4. The Balaban J connectivity index is 1.66. The molecule has 0 saturated heterocycles. The van der Waals surface area contributed by atoms with Gasteiger partial charge in [0, 0.05) is 17.1 Å². The first-order valence-corrected chi connectivity index (χ1v) is 12.6. The largest absolute Gasteiger partial charge is 0.328 e. The monoisotopic (exact) mass is 470 g/mol. The molecule has 0 aliphatic rings. The van der Waals surface area contributed by atoms with Crippen molar-refractivity contribution in [2.24, 2.45) is 0 Å². The van der Waals surface area contributed by atoms with Crippen molar-refractivity contribution < 1.29 is 13.2 Å². The molecule has 0 atom stereocenters. The van der Waals surface area contributed by atoms with Gasteiger partial charge in [-0.3, -0.25) is 4.79 Å². The second kappa shape index (κ2) is 9.04. The SMILES string of the molecule is Cc1ccc(-c2nc(SCC(=O)Nc3nccs3)c(S(=O)(=O)c3ccccc3)[nH]2)cc1. The van der Waals surface area contributed by atoms with Crippen LogP contribution in [0.1, 0.15) is 5.56 Å². The van der Waals surface area contributed by atoms with E-state index in [0.29, 0.717) is 11.0 Å². The van der Waals surface area contributed by atoms with Gasteiger partial charge >= 0.3 is 0 Å². The highest BCUT2D eigenvalue weighted by Gasteiger charge is 2.26. The maximum atomic E-state index is 13.3. The van der Waals surface area contributed by atoms with Crippen molar-refractivity contribution in [1.82, 2.24) is 15.0 Å². The molecular formula is C21H18N4O3S3. The Morgan fingerprint density at radius 1 is 1.13 bits per heavy atom. The Morgan fingerprint density at radius 3 is 2.55 bits per heavy atom. The van der Waals surface area contributed by atoms with Crippen molar-refractivity contribution in [3.8, 4) is 11.4 Å². The number of imidazole rings is 1. The maximum absolute atomic E-state index is 13.3. The summed E-state index contributed by atoms with van der Waals surface area (Å²) in [5.41, 5.74) is 1.84. The summed E-state index contributed by atoms with van der Waals surface area (Å²) in [5, 5.41) is 5.15. The first-order chi connectivity index (χ1) is 14.9. The number of nitrogens with one attached hydrogen (secondary N) is 2. The number of thioether (sulfide) groups is 1. The summed E-state index contributed by atoms with van der Waals surface area (Å²) in [7, 11) is -3.84. The number of amides is 1. The van der Waals surface area contributed by atoms with E-state index in [1.807, 2.05) is 31.2 Å². The van der Waals surface area contributed by atoms with Gasteiger partial charge in [-0.15, -0.1) is 11.3 Å². The molecule has 4 rings (SSSR count). The summed E-state index contributed by atoms with van der Waals surface area (Å²) in [4.78, 5) is 23.9. The number of carbonyl (C=O) groups is 1. The van der Waals surface area contributed by atoms with Crippen LogP contribution in [0.5, 0.6) is 0 Å². The molecule has 2 heterocycles. The van der Waals surface area contributed by atoms with Gasteiger partial charge in [-0.25, -0.2) is 18.4 Å². The summed E-state index contributed by atoms with van der Waals surface area (Å²) in [6.45, 7) is 1.97. The maximum Gasteiger partial charge on any atom is 0.236 e. The highest BCUT2D eigenvalue weighted by Crippen LogP contribution is 2.32. The molecule has 2 aromatic carbocycles. The van der Waals surface area contributed by atoms with E-state index in [9.17, 15) is 13.2 Å². The fourth-order valence-electron chi connectivity index (χ4n) is 2.76. The van der Waals surface area contributed by atoms with Crippen LogP contribution >= 0.6 is 23.1 Å². The van der Waals surface area contributed by atoms with Crippen LogP contribution in [-0.4, -0.2) is 35.0 Å². The Hall–Kier alpha value is -2.95. The second-order valence-corrected chi connectivity index (χ2v) is 10.3. The fourth-order valence-corrected chi connectivity index (χ4v) is 5.75. The Labute approximate surface area is 187 Å². The van der Waals surface area contributed by atoms with Gasteiger partial charge in [0.05, 0.1) is 10.6 Å². The zero-order chi connectivity index (χ0) is 21.8. The minimum atomic E-state index is -3.84. The number of carbonyl (C=O) groups excluding carboxylic acids is 1. The van der Waals surface area contributed by atoms with E-state index < -0.39 is 9.84 Å². The highest BCUT2D eigenvalue weighted by atomic mass is 32.2. The number of rotatable bonds is 7. The lowest BCUT2D eigenvalue weighted by atomic mass is 10.1. The lowest BCUT2D eigenvalue weighted by Crippen LogP contribution is -2.14. The zero-order valence-corrected chi connectivity index (χ0v) is 18.9. The molecule has 0 spiro atoms. The lowest BCUT2D eigenvalue weighted by molar-refractivity contribution is -0.113. The van der Waals surface area contributed by atoms with Gasteiger partial charge < -0.3 is 10.3 Å². The van der Waals surface area contributed by atoms with Crippen LogP contribution in [-0.2, 0) is 14.6 Å². The molecule has 7 nitrogen and oxygen atoms in total. The van der Waals surface area contributed by atoms with Crippen molar-refractivity contribution in [2.45, 2.75) is 21.9 Å². The van der Waals surface area contributed by atoms with E-state index in [-0.39, 0.29) is 26.6 Å². The van der Waals surface area contributed by atoms with Gasteiger partial charge in [0.2, 0.25) is 15.7 Å². The molecule has 1 amide bonds. The van der Waals surface area contributed by atoms with Crippen molar-refractivity contribution in [2.75, 3.05) is 11.1 Å². The number of sulfone groups is 1. The molecular weight excluding hydrogens is 452 g/mol. The van der Waals surface area contributed by atoms with Crippen LogP contribution in [0.15, 0.2) is 81.1 Å². The number of aromatic amines is 1. The second-order valence-electron chi connectivity index (χ2n) is 6.58. The average molecular weight is 471 g/mol. The van der Waals surface area contributed by atoms with E-state index in [0.717, 1.165) is 22.9 Å². The Bertz CT molecular complexity index is 1280. The molecule has 4 aromatic rings. The predicted molar refractivity (Wildman–Crippen MR) is 122 cm³/mol. The Kier molecular flexibility index (Phi) is 6.21. The number of aromatic nitrogens is 3. The molecule has 0 saturated carbocycles. The summed E-state index contributed by atoms with van der Waals surface area (Å²) >= 11 is 2.37. The molecule has 0 aliphatic heterocycles. The number of hydrogen-bond acceptors (Lipinski definition) is 7. The smallest absolute Gasteiger partial charge is 0.236 e. The number of hydrogen-bond donors (Lipinski definition) is 2. The molecule has 0 bridgehead atoms. The van der Waals surface area contributed by atoms with Crippen LogP contribution < -0.4 is 5.32 Å². The van der Waals surface area contributed by atoms with Crippen LogP contribution in [0.3, 0.4) is 0 Å². The van der Waals surface area contributed by atoms with Gasteiger partial charge in [0.25, 0.3) is 0 Å². The third-order valence-electron chi connectivity index (χ3n) is 4.31. The van der Waals surface area contributed by atoms with Gasteiger partial charge in [-0.05, 0) is 19.1 Å². The molecule has 10 heteroatoms. The Morgan fingerprint density at radius 2 is 1.87 bits per heavy atom. The summed E-state index contributed by atoms with van der Waals surface area (Å²) < 4.78 is 26.5. The van der Waals surface area contributed by atoms with E-state index in [4.69, 9.17) is 0 Å². The van der Waals surface area contributed by atoms with Crippen molar-refractivity contribution >= 4 is 44.0 Å². The van der Waals surface area contributed by atoms with Crippen LogP contribution in [0.4, 0.5) is 5.13 Å². The predicted octanol–water partition coefficient (Wildman–Crippen LogP) is 4.41. The van der Waals surface area contributed by atoms with Gasteiger partial charge in [-0.2, -0.15) is 0 Å². The zero-order valence-electron chi connectivity index (χ0n) is 16.4. The number of aryl methyl sites for hydroxylation is 1. The van der Waals surface area contributed by atoms with Gasteiger partial charge in [0.15, 0.2) is 10.2 Å². The van der Waals surface area contributed by atoms with E-state index in [1.165, 1.54) is 23.5 Å². The number of benzene rings is 2. The third kappa shape index (κ3) is 4.87. The quantitative estimate of drug-likeness (QED) is 0.388. The molecule has 0 radical (unpaired) electrons. The van der Waals surface area contributed by atoms with Crippen LogP contribution in [0.2, 0.25) is 0 Å². The first kappa shape index (κ1) is 21.3. The summed E-state index contributed by atoms with van der Waals surface area (Å²) in [6.07, 6.45) is 1.60. The highest BCUT2D eigenvalue weighted by molar-refractivity contribution is 8.00. The van der Waals surface area contributed by atoms with Gasteiger partial charge in [-0.1, -0.05) is 59.8 Å². The summed E-state index contributed by atoms with van der Waals surface area (Å²) in [6, 6.07) is 15.7. The summed E-state index contributed by atoms with van der Waals surface area (Å²) in [5.74, 6) is 0.134. The number of nitrogens with zero attached hydrogens (tertiary/aromatic N) is 2. The molecule has 2 N–H and O–H groups in total. The van der Waals surface area contributed by atoms with Crippen molar-refractivity contribution in [3.05, 3.63) is 71.7 Å². The van der Waals surface area contributed by atoms with E-state index >= 15 is 0 Å². The van der Waals surface area contributed by atoms with Crippen LogP contribution in [0.25, 0.3) is 11.4 Å². The minimum absolute atomic E-state index is 0.00488. The molecule has 0 unspecified atom stereocenters. The molecule has 2 aromatic heterocycles. The van der Waals surface area contributed by atoms with Crippen molar-refractivity contribution in [3.63, 3.8) is 0 Å². The topological polar surface area (TPSA) is 105 Å². The average Bonchev–Trinajstić information content (AvgIpc) is 3.44. The van der Waals surface area contributed by atoms with Crippen LogP contribution in [0, 0.1) is 6.92 Å². The van der Waals surface area contributed by atoms with E-state index in [1.54, 1.807) is 29.8 Å². The number of thiazole rings is 1. The van der Waals surface area contributed by atoms with E-state index in [2.05, 4.69) is 20.3 Å². The minimum Gasteiger partial charge on any atom is -0.328 e. The first-order valence-electron chi connectivity index (χ1n) is 9.23. The van der Waals surface area contributed by atoms with Crippen molar-refractivity contribution in [1.29, 1.82) is 0 Å². The number of anilines is 1. The molecule has 0 aliphatic carbocycles. The molecule has 158 valence electrons. The molecule has 31 heavy (non-hydrogen) atoms. The lowest BCUT2D eigenvalue weighted by Gasteiger charge is -2.05.